The number of carbonyl (C=O) groups is 1. The second-order valence-electron chi connectivity index (χ2n) is 5.08. The average Bonchev–Trinajstić information content (AvgIpc) is 2.46. The summed E-state index contributed by atoms with van der Waals surface area (Å²) < 4.78 is 1.03. The summed E-state index contributed by atoms with van der Waals surface area (Å²) in [7, 11) is 0. The first-order valence-corrected chi connectivity index (χ1v) is 7.76. The molecule has 108 valence electrons. The minimum atomic E-state index is -0.0386. The van der Waals surface area contributed by atoms with Gasteiger partial charge in [0.05, 0.1) is 12.3 Å². The Morgan fingerprint density at radius 3 is 2.55 bits per heavy atom. The zero-order chi connectivity index (χ0) is 14.4. The number of halogens is 1. The van der Waals surface area contributed by atoms with Gasteiger partial charge in [0.15, 0.2) is 0 Å². The number of nitrogens with zero attached hydrogens (tertiary/aromatic N) is 2. The lowest BCUT2D eigenvalue weighted by molar-refractivity contribution is -0.122. The molecule has 0 aliphatic carbocycles. The number of hydrazone groups is 1. The average molecular weight is 338 g/mol. The molecule has 1 N–H and O–H groups in total. The smallest absolute Gasteiger partial charge is 0.254 e. The molecule has 1 aromatic carbocycles. The predicted molar refractivity (Wildman–Crippen MR) is 84.8 cm³/mol. The van der Waals surface area contributed by atoms with E-state index in [2.05, 4.69) is 31.4 Å². The monoisotopic (exact) mass is 337 g/mol. The van der Waals surface area contributed by atoms with Crippen molar-refractivity contribution in [3.63, 3.8) is 0 Å². The van der Waals surface area contributed by atoms with Crippen LogP contribution in [0.1, 0.15) is 31.7 Å². The highest BCUT2D eigenvalue weighted by Gasteiger charge is 2.13. The van der Waals surface area contributed by atoms with Crippen molar-refractivity contribution >= 4 is 27.5 Å². The molecule has 0 bridgehead atoms. The first kappa shape index (κ1) is 15.2. The van der Waals surface area contributed by atoms with Crippen LogP contribution in [-0.2, 0) is 4.79 Å². The molecule has 0 spiro atoms. The van der Waals surface area contributed by atoms with Crippen LogP contribution in [0.5, 0.6) is 0 Å². The summed E-state index contributed by atoms with van der Waals surface area (Å²) in [6.07, 6.45) is 3.65. The Labute approximate surface area is 128 Å². The van der Waals surface area contributed by atoms with Gasteiger partial charge < -0.3 is 0 Å². The molecule has 1 aliphatic heterocycles. The lowest BCUT2D eigenvalue weighted by Gasteiger charge is -2.25. The molecule has 1 heterocycles. The van der Waals surface area contributed by atoms with E-state index in [1.165, 1.54) is 19.3 Å². The summed E-state index contributed by atoms with van der Waals surface area (Å²) in [5.74, 6) is -0.0386. The molecular formula is C15H20BrN3O. The third-order valence-electron chi connectivity index (χ3n) is 3.43. The van der Waals surface area contributed by atoms with Gasteiger partial charge in [0, 0.05) is 4.47 Å². The Kier molecular flexibility index (Phi) is 5.73. The summed E-state index contributed by atoms with van der Waals surface area (Å²) in [6.45, 7) is 4.37. The molecule has 0 atom stereocenters. The van der Waals surface area contributed by atoms with Gasteiger partial charge in [-0.3, -0.25) is 9.69 Å². The Hall–Kier alpha value is -1.20. The zero-order valence-corrected chi connectivity index (χ0v) is 13.3. The molecule has 1 amide bonds. The normalized spacial score (nSPS) is 17.0. The van der Waals surface area contributed by atoms with Crippen LogP contribution in [0, 0.1) is 0 Å². The van der Waals surface area contributed by atoms with Gasteiger partial charge in [0.25, 0.3) is 5.91 Å². The standard InChI is InChI=1S/C15H20BrN3O/c1-12(13-5-7-14(16)8-6-13)17-18-15(20)11-19-9-3-2-4-10-19/h5-8H,2-4,9-11H2,1H3,(H,18,20)/b17-12-. The Morgan fingerprint density at radius 2 is 1.90 bits per heavy atom. The highest BCUT2D eigenvalue weighted by Crippen LogP contribution is 2.11. The van der Waals surface area contributed by atoms with Gasteiger partial charge in [0.2, 0.25) is 0 Å². The van der Waals surface area contributed by atoms with Crippen LogP contribution < -0.4 is 5.43 Å². The van der Waals surface area contributed by atoms with Crippen molar-refractivity contribution in [3.05, 3.63) is 34.3 Å². The lowest BCUT2D eigenvalue weighted by atomic mass is 10.1. The number of rotatable bonds is 4. The van der Waals surface area contributed by atoms with E-state index in [9.17, 15) is 4.79 Å². The summed E-state index contributed by atoms with van der Waals surface area (Å²) in [5, 5.41) is 4.16. The fraction of sp³-hybridized carbons (Fsp3) is 0.467. The molecule has 0 unspecified atom stereocenters. The number of piperidine rings is 1. The van der Waals surface area contributed by atoms with Crippen LogP contribution >= 0.6 is 15.9 Å². The van der Waals surface area contributed by atoms with Crippen molar-refractivity contribution < 1.29 is 4.79 Å². The van der Waals surface area contributed by atoms with Crippen LogP contribution in [0.2, 0.25) is 0 Å². The maximum Gasteiger partial charge on any atom is 0.254 e. The molecule has 1 aliphatic rings. The van der Waals surface area contributed by atoms with Gasteiger partial charge in [-0.1, -0.05) is 34.5 Å². The van der Waals surface area contributed by atoms with Gasteiger partial charge in [-0.05, 0) is 50.6 Å². The highest BCUT2D eigenvalue weighted by molar-refractivity contribution is 9.10. The van der Waals surface area contributed by atoms with Crippen molar-refractivity contribution in [2.24, 2.45) is 5.10 Å². The van der Waals surface area contributed by atoms with E-state index >= 15 is 0 Å². The molecule has 20 heavy (non-hydrogen) atoms. The van der Waals surface area contributed by atoms with Crippen LogP contribution in [0.25, 0.3) is 0 Å². The number of nitrogens with one attached hydrogen (secondary N) is 1. The topological polar surface area (TPSA) is 44.7 Å². The molecule has 0 aromatic heterocycles. The predicted octanol–water partition coefficient (Wildman–Crippen LogP) is 2.78. The van der Waals surface area contributed by atoms with Crippen molar-refractivity contribution in [2.75, 3.05) is 19.6 Å². The largest absolute Gasteiger partial charge is 0.294 e. The van der Waals surface area contributed by atoms with Crippen LogP contribution in [0.3, 0.4) is 0 Å². The quantitative estimate of drug-likeness (QED) is 0.678. The van der Waals surface area contributed by atoms with Gasteiger partial charge in [-0.25, -0.2) is 5.43 Å². The van der Waals surface area contributed by atoms with E-state index < -0.39 is 0 Å². The van der Waals surface area contributed by atoms with Gasteiger partial charge in [-0.15, -0.1) is 0 Å². The molecule has 0 saturated carbocycles. The summed E-state index contributed by atoms with van der Waals surface area (Å²) in [5.41, 5.74) is 4.45. The number of hydrogen-bond donors (Lipinski definition) is 1. The summed E-state index contributed by atoms with van der Waals surface area (Å²) in [6, 6.07) is 7.87. The maximum absolute atomic E-state index is 11.8. The Morgan fingerprint density at radius 1 is 1.25 bits per heavy atom. The van der Waals surface area contributed by atoms with Crippen LogP contribution in [-0.4, -0.2) is 36.2 Å². The molecule has 0 radical (unpaired) electrons. The molecule has 1 aromatic rings. The fourth-order valence-electron chi connectivity index (χ4n) is 2.26. The molecule has 4 nitrogen and oxygen atoms in total. The fourth-order valence-corrected chi connectivity index (χ4v) is 2.52. The maximum atomic E-state index is 11.8. The van der Waals surface area contributed by atoms with E-state index in [0.717, 1.165) is 28.8 Å². The number of hydrogen-bond acceptors (Lipinski definition) is 3. The summed E-state index contributed by atoms with van der Waals surface area (Å²) in [4.78, 5) is 14.0. The second-order valence-corrected chi connectivity index (χ2v) is 5.99. The van der Waals surface area contributed by atoms with Gasteiger partial charge in [0.1, 0.15) is 0 Å². The van der Waals surface area contributed by atoms with Gasteiger partial charge >= 0.3 is 0 Å². The Balaban J connectivity index is 1.84. The van der Waals surface area contributed by atoms with E-state index in [4.69, 9.17) is 0 Å². The van der Waals surface area contributed by atoms with E-state index in [0.29, 0.717) is 6.54 Å². The van der Waals surface area contributed by atoms with E-state index in [1.54, 1.807) is 0 Å². The van der Waals surface area contributed by atoms with Crippen LogP contribution in [0.15, 0.2) is 33.8 Å². The lowest BCUT2D eigenvalue weighted by Crippen LogP contribution is -2.38. The van der Waals surface area contributed by atoms with Crippen molar-refractivity contribution in [1.29, 1.82) is 0 Å². The van der Waals surface area contributed by atoms with Crippen LogP contribution in [0.4, 0.5) is 0 Å². The zero-order valence-electron chi connectivity index (χ0n) is 11.7. The minimum absolute atomic E-state index is 0.0386. The second kappa shape index (κ2) is 7.55. The molecular weight excluding hydrogens is 318 g/mol. The van der Waals surface area contributed by atoms with Gasteiger partial charge in [-0.2, -0.15) is 5.10 Å². The first-order valence-electron chi connectivity index (χ1n) is 6.96. The van der Waals surface area contributed by atoms with Crippen molar-refractivity contribution in [3.8, 4) is 0 Å². The molecule has 5 heteroatoms. The first-order chi connectivity index (χ1) is 9.65. The number of likely N-dealkylation sites (tertiary alicyclic amines) is 1. The van der Waals surface area contributed by atoms with Crippen molar-refractivity contribution in [1.82, 2.24) is 10.3 Å². The third-order valence-corrected chi connectivity index (χ3v) is 3.95. The van der Waals surface area contributed by atoms with E-state index in [1.807, 2.05) is 31.2 Å². The molecule has 1 fully saturated rings. The minimum Gasteiger partial charge on any atom is -0.294 e. The summed E-state index contributed by atoms with van der Waals surface area (Å²) >= 11 is 3.40. The number of benzene rings is 1. The number of carbonyl (C=O) groups excluding carboxylic acids is 1. The third kappa shape index (κ3) is 4.72. The SMILES string of the molecule is C/C(=N/NC(=O)CN1CCCCC1)c1ccc(Br)cc1. The Bertz CT molecular complexity index is 478. The molecule has 1 saturated heterocycles. The molecule has 2 rings (SSSR count). The van der Waals surface area contributed by atoms with Crippen molar-refractivity contribution in [2.45, 2.75) is 26.2 Å². The highest BCUT2D eigenvalue weighted by atomic mass is 79.9. The number of amides is 1. The van der Waals surface area contributed by atoms with E-state index in [-0.39, 0.29) is 5.91 Å².